The number of nitrogens with zero attached hydrogens (tertiary/aromatic N) is 1. The predicted octanol–water partition coefficient (Wildman–Crippen LogP) is 1.32. The molecule has 0 aromatic rings. The number of carbonyl (C=O) groups excluding carboxylic acids is 1. The van der Waals surface area contributed by atoms with E-state index in [-0.39, 0.29) is 5.97 Å². The summed E-state index contributed by atoms with van der Waals surface area (Å²) in [4.78, 5) is 14.0. The SMILES string of the molecule is C=C(CNC1CCN2CCCC2C1)C(=O)OCC. The molecular weight excluding hydrogens is 228 g/mol. The largest absolute Gasteiger partial charge is 0.463 e. The molecule has 4 nitrogen and oxygen atoms in total. The lowest BCUT2D eigenvalue weighted by atomic mass is 9.97. The second-order valence-electron chi connectivity index (χ2n) is 5.26. The van der Waals surface area contributed by atoms with E-state index in [9.17, 15) is 4.79 Å². The van der Waals surface area contributed by atoms with Gasteiger partial charge in [-0.25, -0.2) is 4.79 Å². The molecule has 0 spiro atoms. The van der Waals surface area contributed by atoms with Gasteiger partial charge in [-0.3, -0.25) is 0 Å². The Bertz CT molecular complexity index is 317. The molecule has 0 bridgehead atoms. The number of carbonyl (C=O) groups is 1. The van der Waals surface area contributed by atoms with E-state index < -0.39 is 0 Å². The number of hydrogen-bond donors (Lipinski definition) is 1. The van der Waals surface area contributed by atoms with Crippen LogP contribution in [-0.4, -0.2) is 49.2 Å². The van der Waals surface area contributed by atoms with Gasteiger partial charge in [0, 0.05) is 24.2 Å². The molecule has 0 aromatic carbocycles. The van der Waals surface area contributed by atoms with E-state index in [4.69, 9.17) is 4.74 Å². The Balaban J connectivity index is 1.70. The van der Waals surface area contributed by atoms with Crippen LogP contribution in [0.25, 0.3) is 0 Å². The molecule has 2 aliphatic rings. The Morgan fingerprint density at radius 2 is 2.28 bits per heavy atom. The Hall–Kier alpha value is -0.870. The highest BCUT2D eigenvalue weighted by Crippen LogP contribution is 2.26. The molecule has 0 amide bonds. The number of rotatable bonds is 5. The molecule has 2 rings (SSSR count). The van der Waals surface area contributed by atoms with Crippen LogP contribution in [0.2, 0.25) is 0 Å². The minimum atomic E-state index is -0.275. The quantitative estimate of drug-likeness (QED) is 0.592. The van der Waals surface area contributed by atoms with Crippen LogP contribution < -0.4 is 5.32 Å². The topological polar surface area (TPSA) is 41.6 Å². The summed E-state index contributed by atoms with van der Waals surface area (Å²) >= 11 is 0. The van der Waals surface area contributed by atoms with Crippen LogP contribution >= 0.6 is 0 Å². The summed E-state index contributed by atoms with van der Waals surface area (Å²) in [7, 11) is 0. The zero-order valence-corrected chi connectivity index (χ0v) is 11.3. The number of hydrogen-bond acceptors (Lipinski definition) is 4. The summed E-state index contributed by atoms with van der Waals surface area (Å²) in [5.41, 5.74) is 0.533. The second kappa shape index (κ2) is 6.34. The first-order chi connectivity index (χ1) is 8.70. The van der Waals surface area contributed by atoms with E-state index in [0.29, 0.717) is 24.8 Å². The summed E-state index contributed by atoms with van der Waals surface area (Å²) < 4.78 is 4.93. The summed E-state index contributed by atoms with van der Waals surface area (Å²) in [6.45, 7) is 9.02. The number of nitrogens with one attached hydrogen (secondary N) is 1. The van der Waals surface area contributed by atoms with Gasteiger partial charge in [0.05, 0.1) is 6.61 Å². The van der Waals surface area contributed by atoms with Gasteiger partial charge in [-0.2, -0.15) is 0 Å². The first kappa shape index (κ1) is 13.6. The highest BCUT2D eigenvalue weighted by Gasteiger charge is 2.31. The minimum Gasteiger partial charge on any atom is -0.463 e. The monoisotopic (exact) mass is 252 g/mol. The Kier molecular flexibility index (Phi) is 4.78. The third kappa shape index (κ3) is 3.33. The van der Waals surface area contributed by atoms with Crippen molar-refractivity contribution in [2.75, 3.05) is 26.2 Å². The molecule has 2 atom stereocenters. The van der Waals surface area contributed by atoms with Gasteiger partial charge < -0.3 is 15.0 Å². The molecule has 2 aliphatic heterocycles. The maximum atomic E-state index is 11.4. The van der Waals surface area contributed by atoms with Gasteiger partial charge in [-0.05, 0) is 45.7 Å². The molecule has 0 radical (unpaired) electrons. The van der Waals surface area contributed by atoms with Crippen molar-refractivity contribution in [2.24, 2.45) is 0 Å². The summed E-state index contributed by atoms with van der Waals surface area (Å²) in [6, 6.07) is 1.28. The van der Waals surface area contributed by atoms with Gasteiger partial charge in [0.15, 0.2) is 0 Å². The van der Waals surface area contributed by atoms with E-state index >= 15 is 0 Å². The molecular formula is C14H24N2O2. The smallest absolute Gasteiger partial charge is 0.334 e. The third-order valence-corrected chi connectivity index (χ3v) is 3.99. The summed E-state index contributed by atoms with van der Waals surface area (Å²) in [6.07, 6.45) is 5.05. The lowest BCUT2D eigenvalue weighted by Crippen LogP contribution is -2.46. The van der Waals surface area contributed by atoms with Crippen LogP contribution in [-0.2, 0) is 9.53 Å². The van der Waals surface area contributed by atoms with E-state index in [1.807, 2.05) is 6.92 Å². The molecule has 0 aliphatic carbocycles. The van der Waals surface area contributed by atoms with Crippen LogP contribution in [0, 0.1) is 0 Å². The zero-order chi connectivity index (χ0) is 13.0. The Morgan fingerprint density at radius 1 is 1.44 bits per heavy atom. The van der Waals surface area contributed by atoms with Gasteiger partial charge >= 0.3 is 5.97 Å². The second-order valence-corrected chi connectivity index (χ2v) is 5.26. The van der Waals surface area contributed by atoms with Crippen LogP contribution in [0.1, 0.15) is 32.6 Å². The normalized spacial score (nSPS) is 27.8. The molecule has 4 heteroatoms. The van der Waals surface area contributed by atoms with E-state index in [1.54, 1.807) is 0 Å². The van der Waals surface area contributed by atoms with Crippen molar-refractivity contribution in [3.8, 4) is 0 Å². The third-order valence-electron chi connectivity index (χ3n) is 3.99. The van der Waals surface area contributed by atoms with Crippen molar-refractivity contribution in [3.05, 3.63) is 12.2 Å². The maximum absolute atomic E-state index is 11.4. The van der Waals surface area contributed by atoms with Gasteiger partial charge in [0.25, 0.3) is 0 Å². The highest BCUT2D eigenvalue weighted by molar-refractivity contribution is 5.88. The first-order valence-electron chi connectivity index (χ1n) is 7.03. The van der Waals surface area contributed by atoms with Gasteiger partial charge in [-0.15, -0.1) is 0 Å². The molecule has 0 aromatic heterocycles. The van der Waals surface area contributed by atoms with Crippen LogP contribution in [0.3, 0.4) is 0 Å². The molecule has 18 heavy (non-hydrogen) atoms. The molecule has 2 saturated heterocycles. The fourth-order valence-corrected chi connectivity index (χ4v) is 2.98. The molecule has 2 unspecified atom stereocenters. The summed E-state index contributed by atoms with van der Waals surface area (Å²) in [5, 5.41) is 3.45. The van der Waals surface area contributed by atoms with Crippen molar-refractivity contribution >= 4 is 5.97 Å². The van der Waals surface area contributed by atoms with Crippen molar-refractivity contribution < 1.29 is 9.53 Å². The number of piperidine rings is 1. The predicted molar refractivity (Wildman–Crippen MR) is 71.4 cm³/mol. The van der Waals surface area contributed by atoms with Crippen molar-refractivity contribution in [1.29, 1.82) is 0 Å². The average Bonchev–Trinajstić information content (AvgIpc) is 2.83. The van der Waals surface area contributed by atoms with E-state index in [1.165, 1.54) is 38.8 Å². The number of ether oxygens (including phenoxy) is 1. The van der Waals surface area contributed by atoms with Gasteiger partial charge in [0.2, 0.25) is 0 Å². The standard InChI is InChI=1S/C14H24N2O2/c1-3-18-14(17)11(2)10-15-12-6-8-16-7-4-5-13(16)9-12/h12-13,15H,2-10H2,1H3. The maximum Gasteiger partial charge on any atom is 0.334 e. The van der Waals surface area contributed by atoms with Gasteiger partial charge in [-0.1, -0.05) is 6.58 Å². The fourth-order valence-electron chi connectivity index (χ4n) is 2.98. The fraction of sp³-hybridized carbons (Fsp3) is 0.786. The average molecular weight is 252 g/mol. The van der Waals surface area contributed by atoms with Crippen molar-refractivity contribution in [1.82, 2.24) is 10.2 Å². The highest BCUT2D eigenvalue weighted by atomic mass is 16.5. The number of fused-ring (bicyclic) bond motifs is 1. The number of esters is 1. The molecule has 2 fully saturated rings. The molecule has 1 N–H and O–H groups in total. The van der Waals surface area contributed by atoms with Crippen LogP contribution in [0.5, 0.6) is 0 Å². The Labute approximate surface area is 109 Å². The first-order valence-corrected chi connectivity index (χ1v) is 7.03. The zero-order valence-electron chi connectivity index (χ0n) is 11.3. The van der Waals surface area contributed by atoms with E-state index in [0.717, 1.165) is 6.04 Å². The molecule has 102 valence electrons. The molecule has 0 saturated carbocycles. The van der Waals surface area contributed by atoms with Crippen molar-refractivity contribution in [2.45, 2.75) is 44.7 Å². The van der Waals surface area contributed by atoms with E-state index in [2.05, 4.69) is 16.8 Å². The van der Waals surface area contributed by atoms with Crippen LogP contribution in [0.4, 0.5) is 0 Å². The summed E-state index contributed by atoms with van der Waals surface area (Å²) in [5.74, 6) is -0.275. The van der Waals surface area contributed by atoms with Gasteiger partial charge in [0.1, 0.15) is 0 Å². The Morgan fingerprint density at radius 3 is 3.06 bits per heavy atom. The lowest BCUT2D eigenvalue weighted by Gasteiger charge is -2.35. The lowest BCUT2D eigenvalue weighted by molar-refractivity contribution is -0.138. The van der Waals surface area contributed by atoms with Crippen molar-refractivity contribution in [3.63, 3.8) is 0 Å². The minimum absolute atomic E-state index is 0.275. The van der Waals surface area contributed by atoms with Crippen LogP contribution in [0.15, 0.2) is 12.2 Å². The molecule has 2 heterocycles.